The first-order valence-electron chi connectivity index (χ1n) is 7.79. The van der Waals surface area contributed by atoms with Gasteiger partial charge in [-0.05, 0) is 48.9 Å². The van der Waals surface area contributed by atoms with Crippen molar-refractivity contribution in [1.82, 2.24) is 10.6 Å². The number of anilines is 1. The smallest absolute Gasteiger partial charge is 0.322 e. The van der Waals surface area contributed by atoms with Gasteiger partial charge < -0.3 is 15.4 Å². The molecule has 1 aliphatic rings. The highest BCUT2D eigenvalue weighted by molar-refractivity contribution is 9.10. The Morgan fingerprint density at radius 3 is 2.58 bits per heavy atom. The number of hydrogen-bond acceptors (Lipinski definition) is 4. The van der Waals surface area contributed by atoms with E-state index in [4.69, 9.17) is 4.74 Å². The van der Waals surface area contributed by atoms with Gasteiger partial charge in [0.1, 0.15) is 11.3 Å². The van der Waals surface area contributed by atoms with Crippen molar-refractivity contribution in [3.63, 3.8) is 0 Å². The number of ether oxygens (including phenoxy) is 1. The second kappa shape index (κ2) is 7.17. The summed E-state index contributed by atoms with van der Waals surface area (Å²) in [6.45, 7) is 1.45. The Labute approximate surface area is 158 Å². The number of hydrogen-bond donors (Lipinski definition) is 3. The molecule has 0 radical (unpaired) electrons. The Morgan fingerprint density at radius 1 is 1.19 bits per heavy atom. The molecule has 1 heterocycles. The number of benzene rings is 2. The third-order valence-corrected chi connectivity index (χ3v) is 4.48. The SMILES string of the molecule is C[C@]1(c2cccc(NC(=O)COc3ccc(Br)cc3)c2)NC(=O)NC1=O. The van der Waals surface area contributed by atoms with E-state index in [-0.39, 0.29) is 12.5 Å². The minimum atomic E-state index is -1.17. The molecule has 3 N–H and O–H groups in total. The maximum absolute atomic E-state index is 12.1. The molecule has 2 aromatic carbocycles. The molecular formula is C18H16BrN3O4. The van der Waals surface area contributed by atoms with E-state index in [0.717, 1.165) is 4.47 Å². The van der Waals surface area contributed by atoms with Gasteiger partial charge in [0.05, 0.1) is 0 Å². The lowest BCUT2D eigenvalue weighted by atomic mass is 9.92. The lowest BCUT2D eigenvalue weighted by Gasteiger charge is -2.21. The van der Waals surface area contributed by atoms with E-state index in [1.807, 2.05) is 12.1 Å². The van der Waals surface area contributed by atoms with E-state index in [9.17, 15) is 14.4 Å². The van der Waals surface area contributed by atoms with Crippen molar-refractivity contribution in [2.24, 2.45) is 0 Å². The standard InChI is InChI=1S/C18H16BrN3O4/c1-18(16(24)21-17(25)22-18)11-3-2-4-13(9-11)20-15(23)10-26-14-7-5-12(19)6-8-14/h2-9H,10H2,1H3,(H,20,23)(H2,21,22,24,25)/t18-/m1/s1. The van der Waals surface area contributed by atoms with Crippen LogP contribution in [0.1, 0.15) is 12.5 Å². The highest BCUT2D eigenvalue weighted by atomic mass is 79.9. The van der Waals surface area contributed by atoms with Crippen LogP contribution in [0.2, 0.25) is 0 Å². The lowest BCUT2D eigenvalue weighted by molar-refractivity contribution is -0.123. The molecule has 1 aliphatic heterocycles. The molecule has 0 spiro atoms. The Bertz CT molecular complexity index is 869. The minimum absolute atomic E-state index is 0.152. The largest absolute Gasteiger partial charge is 0.484 e. The Morgan fingerprint density at radius 2 is 1.92 bits per heavy atom. The van der Waals surface area contributed by atoms with Crippen LogP contribution in [-0.4, -0.2) is 24.5 Å². The first-order valence-corrected chi connectivity index (χ1v) is 8.58. The molecule has 26 heavy (non-hydrogen) atoms. The van der Waals surface area contributed by atoms with Gasteiger partial charge in [0.2, 0.25) is 0 Å². The van der Waals surface area contributed by atoms with Gasteiger partial charge in [-0.1, -0.05) is 28.1 Å². The fraction of sp³-hybridized carbons (Fsp3) is 0.167. The molecule has 134 valence electrons. The molecule has 0 bridgehead atoms. The molecule has 0 aromatic heterocycles. The van der Waals surface area contributed by atoms with E-state index in [2.05, 4.69) is 31.9 Å². The second-order valence-electron chi connectivity index (χ2n) is 5.90. The van der Waals surface area contributed by atoms with Crippen LogP contribution in [0, 0.1) is 0 Å². The first-order chi connectivity index (χ1) is 12.4. The summed E-state index contributed by atoms with van der Waals surface area (Å²) in [5.41, 5.74) is -0.110. The first kappa shape index (κ1) is 17.9. The molecule has 0 unspecified atom stereocenters. The highest BCUT2D eigenvalue weighted by Crippen LogP contribution is 2.26. The maximum atomic E-state index is 12.1. The molecule has 8 heteroatoms. The zero-order valence-electron chi connectivity index (χ0n) is 13.8. The average Bonchev–Trinajstić information content (AvgIpc) is 2.88. The molecule has 4 amide bonds. The molecule has 1 saturated heterocycles. The number of urea groups is 1. The lowest BCUT2D eigenvalue weighted by Crippen LogP contribution is -2.40. The molecule has 7 nitrogen and oxygen atoms in total. The van der Waals surface area contributed by atoms with Crippen LogP contribution in [0.3, 0.4) is 0 Å². The van der Waals surface area contributed by atoms with Crippen molar-refractivity contribution >= 4 is 39.5 Å². The predicted octanol–water partition coefficient (Wildman–Crippen LogP) is 2.52. The van der Waals surface area contributed by atoms with Crippen LogP contribution in [0.15, 0.2) is 53.0 Å². The van der Waals surface area contributed by atoms with Crippen molar-refractivity contribution in [3.8, 4) is 5.75 Å². The molecular weight excluding hydrogens is 402 g/mol. The van der Waals surface area contributed by atoms with Crippen LogP contribution < -0.4 is 20.7 Å². The summed E-state index contributed by atoms with van der Waals surface area (Å²) < 4.78 is 6.34. The monoisotopic (exact) mass is 417 g/mol. The van der Waals surface area contributed by atoms with E-state index >= 15 is 0 Å². The van der Waals surface area contributed by atoms with E-state index in [1.54, 1.807) is 43.3 Å². The minimum Gasteiger partial charge on any atom is -0.484 e. The van der Waals surface area contributed by atoms with E-state index < -0.39 is 17.5 Å². The topological polar surface area (TPSA) is 96.5 Å². The zero-order chi connectivity index (χ0) is 18.7. The van der Waals surface area contributed by atoms with Gasteiger partial charge in [-0.15, -0.1) is 0 Å². The summed E-state index contributed by atoms with van der Waals surface area (Å²) in [7, 11) is 0. The number of amides is 4. The molecule has 2 aromatic rings. The second-order valence-corrected chi connectivity index (χ2v) is 6.82. The molecule has 0 saturated carbocycles. The summed E-state index contributed by atoms with van der Waals surface area (Å²) in [5, 5.41) is 7.51. The van der Waals surface area contributed by atoms with Gasteiger partial charge in [0, 0.05) is 10.2 Å². The third-order valence-electron chi connectivity index (χ3n) is 3.95. The fourth-order valence-electron chi connectivity index (χ4n) is 2.53. The van der Waals surface area contributed by atoms with Crippen LogP contribution in [0.4, 0.5) is 10.5 Å². The van der Waals surface area contributed by atoms with Crippen molar-refractivity contribution in [2.75, 3.05) is 11.9 Å². The van der Waals surface area contributed by atoms with E-state index in [0.29, 0.717) is 17.0 Å². The van der Waals surface area contributed by atoms with E-state index in [1.165, 1.54) is 0 Å². The van der Waals surface area contributed by atoms with Gasteiger partial charge in [-0.2, -0.15) is 0 Å². The molecule has 1 fully saturated rings. The quantitative estimate of drug-likeness (QED) is 0.651. The number of rotatable bonds is 5. The summed E-state index contributed by atoms with van der Waals surface area (Å²) in [6.07, 6.45) is 0. The highest BCUT2D eigenvalue weighted by Gasteiger charge is 2.43. The summed E-state index contributed by atoms with van der Waals surface area (Å²) in [4.78, 5) is 35.5. The summed E-state index contributed by atoms with van der Waals surface area (Å²) in [5.74, 6) is -0.199. The van der Waals surface area contributed by atoms with Crippen LogP contribution in [-0.2, 0) is 15.1 Å². The van der Waals surface area contributed by atoms with Crippen LogP contribution in [0.5, 0.6) is 5.75 Å². The van der Waals surface area contributed by atoms with Gasteiger partial charge in [-0.25, -0.2) is 4.79 Å². The van der Waals surface area contributed by atoms with Gasteiger partial charge >= 0.3 is 6.03 Å². The summed E-state index contributed by atoms with van der Waals surface area (Å²) in [6, 6.07) is 13.3. The maximum Gasteiger partial charge on any atom is 0.322 e. The van der Waals surface area contributed by atoms with Crippen molar-refractivity contribution in [2.45, 2.75) is 12.5 Å². The van der Waals surface area contributed by atoms with Crippen molar-refractivity contribution < 1.29 is 19.1 Å². The Kier molecular flexibility index (Phi) is 4.94. The van der Waals surface area contributed by atoms with Crippen LogP contribution >= 0.6 is 15.9 Å². The van der Waals surface area contributed by atoms with Gasteiger partial charge in [-0.3, -0.25) is 14.9 Å². The van der Waals surface area contributed by atoms with Crippen LogP contribution in [0.25, 0.3) is 0 Å². The fourth-order valence-corrected chi connectivity index (χ4v) is 2.80. The van der Waals surface area contributed by atoms with Crippen molar-refractivity contribution in [1.29, 1.82) is 0 Å². The molecule has 0 aliphatic carbocycles. The normalized spacial score (nSPS) is 18.8. The number of nitrogens with one attached hydrogen (secondary N) is 3. The number of halogens is 1. The molecule has 1 atom stereocenters. The van der Waals surface area contributed by atoms with Gasteiger partial charge in [0.15, 0.2) is 6.61 Å². The predicted molar refractivity (Wildman–Crippen MR) is 98.7 cm³/mol. The number of carbonyl (C=O) groups excluding carboxylic acids is 3. The zero-order valence-corrected chi connectivity index (χ0v) is 15.4. The van der Waals surface area contributed by atoms with Crippen molar-refractivity contribution in [3.05, 3.63) is 58.6 Å². The number of carbonyl (C=O) groups is 3. The number of imide groups is 1. The third kappa shape index (κ3) is 3.85. The Hall–Kier alpha value is -2.87. The summed E-state index contributed by atoms with van der Waals surface area (Å²) >= 11 is 3.33. The molecule has 3 rings (SSSR count). The average molecular weight is 418 g/mol. The Balaban J connectivity index is 1.65. The van der Waals surface area contributed by atoms with Gasteiger partial charge in [0.25, 0.3) is 11.8 Å².